The van der Waals surface area contributed by atoms with Gasteiger partial charge in [-0.2, -0.15) is 9.61 Å². The van der Waals surface area contributed by atoms with Gasteiger partial charge in [0.2, 0.25) is 15.9 Å². The second kappa shape index (κ2) is 9.75. The summed E-state index contributed by atoms with van der Waals surface area (Å²) >= 11 is 1.06. The minimum atomic E-state index is -3.74. The van der Waals surface area contributed by atoms with Crippen molar-refractivity contribution in [3.8, 4) is 11.1 Å². The highest BCUT2D eigenvalue weighted by molar-refractivity contribution is 7.99. The standard InChI is InChI=1S/C21H19FN6O4S2/c22-15-5-3-14(4-6-15)17-11-25-28-19(17)26-20(27-21(28)30)33-12-18(29)24-10-9-13-1-7-16(8-2-13)34(23,31)32/h1-8,11H,9-10,12H2,(H,24,29)(H2,23,31,32)(H,26,27,30). The molecular weight excluding hydrogens is 483 g/mol. The van der Waals surface area contributed by atoms with Gasteiger partial charge in [-0.05, 0) is 41.8 Å². The van der Waals surface area contributed by atoms with Crippen molar-refractivity contribution >= 4 is 33.3 Å². The Bertz CT molecular complexity index is 1500. The van der Waals surface area contributed by atoms with Gasteiger partial charge < -0.3 is 5.32 Å². The Morgan fingerprint density at radius 3 is 2.53 bits per heavy atom. The Hall–Kier alpha value is -3.55. The van der Waals surface area contributed by atoms with Crippen molar-refractivity contribution in [3.63, 3.8) is 0 Å². The molecule has 0 atom stereocenters. The summed E-state index contributed by atoms with van der Waals surface area (Å²) in [6.07, 6.45) is 1.97. The van der Waals surface area contributed by atoms with E-state index in [1.807, 2.05) is 0 Å². The minimum Gasteiger partial charge on any atom is -0.355 e. The van der Waals surface area contributed by atoms with E-state index in [1.54, 1.807) is 24.3 Å². The first kappa shape index (κ1) is 23.6. The number of nitrogens with two attached hydrogens (primary N) is 1. The minimum absolute atomic E-state index is 0.0173. The van der Waals surface area contributed by atoms with Crippen LogP contribution in [0.2, 0.25) is 0 Å². The second-order valence-electron chi connectivity index (χ2n) is 7.23. The molecule has 4 rings (SSSR count). The van der Waals surface area contributed by atoms with Gasteiger partial charge in [0, 0.05) is 12.1 Å². The van der Waals surface area contributed by atoms with Crippen LogP contribution in [0.25, 0.3) is 16.8 Å². The summed E-state index contributed by atoms with van der Waals surface area (Å²) in [6.45, 7) is 0.342. The number of carbonyl (C=O) groups excluding carboxylic acids is 1. The summed E-state index contributed by atoms with van der Waals surface area (Å²) < 4.78 is 36.9. The molecule has 0 aliphatic rings. The zero-order chi connectivity index (χ0) is 24.3. The lowest BCUT2D eigenvalue weighted by Crippen LogP contribution is -2.27. The molecule has 2 aromatic heterocycles. The first-order valence-electron chi connectivity index (χ1n) is 9.96. The normalized spacial score (nSPS) is 11.6. The van der Waals surface area contributed by atoms with Crippen LogP contribution in [0.1, 0.15) is 5.56 Å². The van der Waals surface area contributed by atoms with Crippen LogP contribution in [0.5, 0.6) is 0 Å². The van der Waals surface area contributed by atoms with E-state index in [4.69, 9.17) is 5.14 Å². The predicted molar refractivity (Wildman–Crippen MR) is 124 cm³/mol. The van der Waals surface area contributed by atoms with Crippen LogP contribution in [0, 0.1) is 5.82 Å². The van der Waals surface area contributed by atoms with Gasteiger partial charge in [0.15, 0.2) is 10.8 Å². The highest BCUT2D eigenvalue weighted by Gasteiger charge is 2.13. The van der Waals surface area contributed by atoms with Gasteiger partial charge in [-0.1, -0.05) is 36.0 Å². The zero-order valence-electron chi connectivity index (χ0n) is 17.6. The van der Waals surface area contributed by atoms with E-state index in [2.05, 4.69) is 20.4 Å². The molecule has 176 valence electrons. The number of amides is 1. The van der Waals surface area contributed by atoms with Crippen molar-refractivity contribution in [3.05, 3.63) is 76.6 Å². The summed E-state index contributed by atoms with van der Waals surface area (Å²) in [5.74, 6) is -0.626. The SMILES string of the molecule is NS(=O)(=O)c1ccc(CCNC(=O)CSc2nc3c(-c4ccc(F)cc4)cnn3c(=O)[nH]2)cc1. The molecule has 4 N–H and O–H groups in total. The van der Waals surface area contributed by atoms with Crippen molar-refractivity contribution in [1.29, 1.82) is 0 Å². The number of halogens is 1. The first-order valence-corrected chi connectivity index (χ1v) is 12.5. The van der Waals surface area contributed by atoms with Crippen LogP contribution in [0.15, 0.2) is 69.6 Å². The number of sulfonamides is 1. The molecule has 2 heterocycles. The predicted octanol–water partition coefficient (Wildman–Crippen LogP) is 1.32. The number of nitrogens with one attached hydrogen (secondary N) is 2. The maximum Gasteiger partial charge on any atom is 0.350 e. The molecule has 13 heteroatoms. The van der Waals surface area contributed by atoms with E-state index in [0.717, 1.165) is 21.8 Å². The number of rotatable bonds is 8. The van der Waals surface area contributed by atoms with Crippen molar-refractivity contribution < 1.29 is 17.6 Å². The summed E-state index contributed by atoms with van der Waals surface area (Å²) in [6, 6.07) is 11.8. The quantitative estimate of drug-likeness (QED) is 0.307. The van der Waals surface area contributed by atoms with Gasteiger partial charge in [-0.3, -0.25) is 9.78 Å². The Morgan fingerprint density at radius 1 is 1.15 bits per heavy atom. The third-order valence-electron chi connectivity index (χ3n) is 4.84. The van der Waals surface area contributed by atoms with E-state index in [0.29, 0.717) is 29.7 Å². The van der Waals surface area contributed by atoms with Gasteiger partial charge in [0.1, 0.15) is 5.82 Å². The fourth-order valence-electron chi connectivity index (χ4n) is 3.15. The molecule has 0 spiro atoms. The summed E-state index contributed by atoms with van der Waals surface area (Å²) in [4.78, 5) is 31.6. The molecule has 0 aliphatic heterocycles. The fraction of sp³-hybridized carbons (Fsp3) is 0.143. The highest BCUT2D eigenvalue weighted by Crippen LogP contribution is 2.24. The van der Waals surface area contributed by atoms with Crippen molar-refractivity contribution in [2.24, 2.45) is 5.14 Å². The average molecular weight is 503 g/mol. The van der Waals surface area contributed by atoms with E-state index >= 15 is 0 Å². The van der Waals surface area contributed by atoms with Crippen molar-refractivity contribution in [2.45, 2.75) is 16.5 Å². The lowest BCUT2D eigenvalue weighted by molar-refractivity contribution is -0.118. The van der Waals surface area contributed by atoms with E-state index in [9.17, 15) is 22.4 Å². The molecule has 0 aliphatic carbocycles. The van der Waals surface area contributed by atoms with E-state index in [-0.39, 0.29) is 27.5 Å². The number of carbonyl (C=O) groups is 1. The molecule has 4 aromatic rings. The Balaban J connectivity index is 1.36. The number of primary sulfonamides is 1. The van der Waals surface area contributed by atoms with Gasteiger partial charge in [0.25, 0.3) is 0 Å². The lowest BCUT2D eigenvalue weighted by Gasteiger charge is -2.06. The lowest BCUT2D eigenvalue weighted by atomic mass is 10.1. The number of hydrogen-bond donors (Lipinski definition) is 3. The Kier molecular flexibility index (Phi) is 6.77. The largest absolute Gasteiger partial charge is 0.355 e. The highest BCUT2D eigenvalue weighted by atomic mass is 32.2. The zero-order valence-corrected chi connectivity index (χ0v) is 19.2. The fourth-order valence-corrected chi connectivity index (χ4v) is 4.34. The number of aromatic amines is 1. The number of fused-ring (bicyclic) bond motifs is 1. The van der Waals surface area contributed by atoms with Crippen LogP contribution in [0.3, 0.4) is 0 Å². The molecule has 0 saturated heterocycles. The summed E-state index contributed by atoms with van der Waals surface area (Å²) in [5.41, 5.74) is 1.84. The van der Waals surface area contributed by atoms with Crippen molar-refractivity contribution in [2.75, 3.05) is 12.3 Å². The Labute approximate surface area is 197 Å². The number of nitrogens with zero attached hydrogens (tertiary/aromatic N) is 3. The molecular formula is C21H19FN6O4S2. The van der Waals surface area contributed by atoms with Crippen LogP contribution in [-0.2, 0) is 21.2 Å². The monoisotopic (exact) mass is 502 g/mol. The molecule has 2 aromatic carbocycles. The molecule has 34 heavy (non-hydrogen) atoms. The maximum atomic E-state index is 13.2. The molecule has 0 radical (unpaired) electrons. The number of hydrogen-bond acceptors (Lipinski definition) is 7. The van der Waals surface area contributed by atoms with Crippen LogP contribution < -0.4 is 16.1 Å². The molecule has 0 fully saturated rings. The number of H-pyrrole nitrogens is 1. The molecule has 0 unspecified atom stereocenters. The molecule has 0 bridgehead atoms. The number of benzene rings is 2. The maximum absolute atomic E-state index is 13.2. The van der Waals surface area contributed by atoms with E-state index in [1.165, 1.54) is 30.5 Å². The molecule has 0 saturated carbocycles. The van der Waals surface area contributed by atoms with Crippen LogP contribution in [0.4, 0.5) is 4.39 Å². The smallest absolute Gasteiger partial charge is 0.350 e. The summed E-state index contributed by atoms with van der Waals surface area (Å²) in [5, 5.41) is 12.1. The topological polar surface area (TPSA) is 152 Å². The molecule has 10 nitrogen and oxygen atoms in total. The number of aromatic nitrogens is 4. The van der Waals surface area contributed by atoms with Gasteiger partial charge in [0.05, 0.1) is 16.8 Å². The molecule has 1 amide bonds. The van der Waals surface area contributed by atoms with E-state index < -0.39 is 15.7 Å². The third-order valence-corrected chi connectivity index (χ3v) is 6.64. The van der Waals surface area contributed by atoms with Crippen molar-refractivity contribution in [1.82, 2.24) is 24.9 Å². The summed E-state index contributed by atoms with van der Waals surface area (Å²) in [7, 11) is -3.74. The van der Waals surface area contributed by atoms with Gasteiger partial charge in [-0.25, -0.2) is 27.7 Å². The van der Waals surface area contributed by atoms with Crippen LogP contribution >= 0.6 is 11.8 Å². The van der Waals surface area contributed by atoms with Crippen LogP contribution in [-0.4, -0.2) is 46.2 Å². The average Bonchev–Trinajstić information content (AvgIpc) is 3.22. The second-order valence-corrected chi connectivity index (χ2v) is 9.75. The van der Waals surface area contributed by atoms with Gasteiger partial charge >= 0.3 is 5.69 Å². The number of thioether (sulfide) groups is 1. The third kappa shape index (κ3) is 5.50. The first-order chi connectivity index (χ1) is 16.2. The van der Waals surface area contributed by atoms with Gasteiger partial charge in [-0.15, -0.1) is 0 Å². The Morgan fingerprint density at radius 2 is 1.85 bits per heavy atom.